The van der Waals surface area contributed by atoms with E-state index in [-0.39, 0.29) is 0 Å². The quantitative estimate of drug-likeness (QED) is 0.0936. The van der Waals surface area contributed by atoms with Gasteiger partial charge in [-0.25, -0.2) is 0 Å². The van der Waals surface area contributed by atoms with Crippen LogP contribution in [0.3, 0.4) is 0 Å². The SMILES string of the molecule is CCCCCCCCCCCCN(CCCCCCCCCCCC)C(C)(C)CCCCCCC. The summed E-state index contributed by atoms with van der Waals surface area (Å²) in [5.41, 5.74) is 0.380. The molecule has 212 valence electrons. The lowest BCUT2D eigenvalue weighted by Crippen LogP contribution is -2.45. The average Bonchev–Trinajstić information content (AvgIpc) is 2.84. The van der Waals surface area contributed by atoms with Crippen molar-refractivity contribution in [3.05, 3.63) is 0 Å². The van der Waals surface area contributed by atoms with E-state index in [1.807, 2.05) is 0 Å². The van der Waals surface area contributed by atoms with Gasteiger partial charge in [-0.2, -0.15) is 0 Å². The van der Waals surface area contributed by atoms with Crippen molar-refractivity contribution < 1.29 is 0 Å². The molecule has 1 nitrogen and oxygen atoms in total. The zero-order valence-corrected chi connectivity index (χ0v) is 25.7. The molecule has 0 atom stereocenters. The van der Waals surface area contributed by atoms with Gasteiger partial charge >= 0.3 is 0 Å². The van der Waals surface area contributed by atoms with Crippen LogP contribution in [0, 0.1) is 0 Å². The third-order valence-corrected chi connectivity index (χ3v) is 8.31. The lowest BCUT2D eigenvalue weighted by Gasteiger charge is -2.39. The van der Waals surface area contributed by atoms with E-state index in [9.17, 15) is 0 Å². The summed E-state index contributed by atoms with van der Waals surface area (Å²) in [6.07, 6.45) is 37.3. The second-order valence-electron chi connectivity index (χ2n) is 12.3. The first-order valence-electron chi connectivity index (χ1n) is 16.8. The largest absolute Gasteiger partial charge is 0.298 e. The molecule has 0 saturated carbocycles. The molecule has 0 radical (unpaired) electrons. The Kier molecular flexibility index (Phi) is 27.0. The van der Waals surface area contributed by atoms with E-state index in [1.165, 1.54) is 180 Å². The zero-order chi connectivity index (χ0) is 25.9. The fourth-order valence-corrected chi connectivity index (χ4v) is 5.62. The van der Waals surface area contributed by atoms with Gasteiger partial charge in [0, 0.05) is 5.54 Å². The monoisotopic (exact) mass is 494 g/mol. The van der Waals surface area contributed by atoms with Crippen LogP contribution >= 0.6 is 0 Å². The Balaban J connectivity index is 4.15. The number of hydrogen-bond donors (Lipinski definition) is 0. The van der Waals surface area contributed by atoms with Gasteiger partial charge in [0.25, 0.3) is 0 Å². The predicted octanol–water partition coefficient (Wildman–Crippen LogP) is 12.3. The second kappa shape index (κ2) is 27.0. The van der Waals surface area contributed by atoms with Crippen molar-refractivity contribution in [3.8, 4) is 0 Å². The van der Waals surface area contributed by atoms with Crippen LogP contribution in [-0.4, -0.2) is 23.5 Å². The summed E-state index contributed by atoms with van der Waals surface area (Å²) in [5.74, 6) is 0. The van der Waals surface area contributed by atoms with Gasteiger partial charge in [0.15, 0.2) is 0 Å². The summed E-state index contributed by atoms with van der Waals surface area (Å²) in [7, 11) is 0. The van der Waals surface area contributed by atoms with E-state index in [0.717, 1.165) is 0 Å². The van der Waals surface area contributed by atoms with Crippen molar-refractivity contribution in [2.45, 2.75) is 207 Å². The van der Waals surface area contributed by atoms with Crippen molar-refractivity contribution in [2.24, 2.45) is 0 Å². The summed E-state index contributed by atoms with van der Waals surface area (Å²) in [6, 6.07) is 0. The molecule has 0 aromatic rings. The first kappa shape index (κ1) is 35.0. The molecule has 0 aliphatic rings. The maximum Gasteiger partial charge on any atom is 0.0153 e. The smallest absolute Gasteiger partial charge is 0.0153 e. The van der Waals surface area contributed by atoms with Crippen LogP contribution in [0.4, 0.5) is 0 Å². The molecule has 0 heterocycles. The minimum absolute atomic E-state index is 0.380. The highest BCUT2D eigenvalue weighted by Gasteiger charge is 2.25. The molecule has 0 rings (SSSR count). The minimum Gasteiger partial charge on any atom is -0.298 e. The Bertz CT molecular complexity index is 364. The molecule has 35 heavy (non-hydrogen) atoms. The third kappa shape index (κ3) is 24.1. The molecule has 0 aliphatic heterocycles. The van der Waals surface area contributed by atoms with Gasteiger partial charge in [-0.1, -0.05) is 168 Å². The number of unbranched alkanes of at least 4 members (excludes halogenated alkanes) is 22. The van der Waals surface area contributed by atoms with Crippen molar-refractivity contribution in [2.75, 3.05) is 13.1 Å². The van der Waals surface area contributed by atoms with E-state index in [4.69, 9.17) is 0 Å². The number of hydrogen-bond acceptors (Lipinski definition) is 1. The molecule has 0 fully saturated rings. The molecule has 0 bridgehead atoms. The van der Waals surface area contributed by atoms with E-state index in [0.29, 0.717) is 5.54 Å². The summed E-state index contributed by atoms with van der Waals surface area (Å²) in [6.45, 7) is 14.7. The normalized spacial score (nSPS) is 12.2. The fraction of sp³-hybridized carbons (Fsp3) is 1.00. The van der Waals surface area contributed by atoms with Gasteiger partial charge < -0.3 is 0 Å². The van der Waals surface area contributed by atoms with Crippen LogP contribution in [0.25, 0.3) is 0 Å². The van der Waals surface area contributed by atoms with E-state index in [1.54, 1.807) is 0 Å². The third-order valence-electron chi connectivity index (χ3n) is 8.31. The van der Waals surface area contributed by atoms with Crippen LogP contribution in [0.1, 0.15) is 202 Å². The maximum atomic E-state index is 2.89. The highest BCUT2D eigenvalue weighted by molar-refractivity contribution is 4.81. The minimum atomic E-state index is 0.380. The van der Waals surface area contributed by atoms with Gasteiger partial charge in [0.05, 0.1) is 0 Å². The van der Waals surface area contributed by atoms with Crippen LogP contribution in [0.2, 0.25) is 0 Å². The molecule has 0 saturated heterocycles. The Labute approximate surface area is 225 Å². The lowest BCUT2D eigenvalue weighted by molar-refractivity contribution is 0.102. The summed E-state index contributed by atoms with van der Waals surface area (Å²) in [5, 5.41) is 0. The maximum absolute atomic E-state index is 2.89. The Hall–Kier alpha value is -0.0400. The van der Waals surface area contributed by atoms with Gasteiger partial charge in [0.1, 0.15) is 0 Å². The van der Waals surface area contributed by atoms with Crippen molar-refractivity contribution >= 4 is 0 Å². The van der Waals surface area contributed by atoms with Crippen LogP contribution in [0.15, 0.2) is 0 Å². The molecule has 0 spiro atoms. The van der Waals surface area contributed by atoms with Crippen LogP contribution in [0.5, 0.6) is 0 Å². The first-order valence-corrected chi connectivity index (χ1v) is 16.8. The van der Waals surface area contributed by atoms with Crippen LogP contribution < -0.4 is 0 Å². The van der Waals surface area contributed by atoms with Gasteiger partial charge in [-0.15, -0.1) is 0 Å². The van der Waals surface area contributed by atoms with Gasteiger partial charge in [-0.3, -0.25) is 4.90 Å². The van der Waals surface area contributed by atoms with E-state index >= 15 is 0 Å². The fourth-order valence-electron chi connectivity index (χ4n) is 5.62. The second-order valence-corrected chi connectivity index (χ2v) is 12.3. The van der Waals surface area contributed by atoms with E-state index < -0.39 is 0 Å². The lowest BCUT2D eigenvalue weighted by atomic mass is 9.93. The van der Waals surface area contributed by atoms with Crippen LogP contribution in [-0.2, 0) is 0 Å². The van der Waals surface area contributed by atoms with Crippen molar-refractivity contribution in [1.29, 1.82) is 0 Å². The molecular weight excluding hydrogens is 422 g/mol. The summed E-state index contributed by atoms with van der Waals surface area (Å²) in [4.78, 5) is 2.89. The molecular formula is C34H71N. The molecule has 0 N–H and O–H groups in total. The van der Waals surface area contributed by atoms with Gasteiger partial charge in [0.2, 0.25) is 0 Å². The molecule has 0 aliphatic carbocycles. The van der Waals surface area contributed by atoms with Crippen molar-refractivity contribution in [1.82, 2.24) is 4.90 Å². The average molecular weight is 494 g/mol. The van der Waals surface area contributed by atoms with E-state index in [2.05, 4.69) is 39.5 Å². The number of nitrogens with zero attached hydrogens (tertiary/aromatic N) is 1. The molecule has 0 aromatic carbocycles. The highest BCUT2D eigenvalue weighted by atomic mass is 15.2. The molecule has 0 aromatic heterocycles. The van der Waals surface area contributed by atoms with Crippen molar-refractivity contribution in [3.63, 3.8) is 0 Å². The Morgan fingerprint density at radius 1 is 0.343 bits per heavy atom. The summed E-state index contributed by atoms with van der Waals surface area (Å²) < 4.78 is 0. The standard InChI is InChI=1S/C34H71N/c1-6-9-12-15-17-19-21-23-26-29-32-35(34(4,5)31-28-25-14-11-8-3)33-30-27-24-22-20-18-16-13-10-7-2/h6-33H2,1-5H3. The Morgan fingerprint density at radius 2 is 0.600 bits per heavy atom. The molecule has 1 heteroatoms. The number of rotatable bonds is 29. The molecule has 0 amide bonds. The predicted molar refractivity (Wildman–Crippen MR) is 163 cm³/mol. The highest BCUT2D eigenvalue weighted by Crippen LogP contribution is 2.25. The summed E-state index contributed by atoms with van der Waals surface area (Å²) >= 11 is 0. The first-order chi connectivity index (χ1) is 17.1. The molecule has 0 unspecified atom stereocenters. The Morgan fingerprint density at radius 3 is 0.914 bits per heavy atom. The van der Waals surface area contributed by atoms with Gasteiger partial charge in [-0.05, 0) is 46.2 Å². The zero-order valence-electron chi connectivity index (χ0n) is 25.7. The topological polar surface area (TPSA) is 3.24 Å².